The van der Waals surface area contributed by atoms with Crippen molar-refractivity contribution in [2.24, 2.45) is 59.2 Å². The Balaban J connectivity index is 0.000000139. The van der Waals surface area contributed by atoms with Crippen molar-refractivity contribution >= 4 is 40.2 Å². The van der Waals surface area contributed by atoms with Crippen molar-refractivity contribution in [3.63, 3.8) is 0 Å². The van der Waals surface area contributed by atoms with Gasteiger partial charge in [-0.05, 0) is 120 Å². The lowest BCUT2D eigenvalue weighted by atomic mass is 10.0. The van der Waals surface area contributed by atoms with E-state index < -0.39 is 64.4 Å². The number of ether oxygens (including phenoxy) is 5. The molecule has 5 saturated carbocycles. The lowest BCUT2D eigenvalue weighted by molar-refractivity contribution is -0.0222. The van der Waals surface area contributed by atoms with Crippen LogP contribution in [0.3, 0.4) is 0 Å². The van der Waals surface area contributed by atoms with Crippen molar-refractivity contribution in [3.05, 3.63) is 194 Å². The zero-order valence-electron chi connectivity index (χ0n) is 67.0. The maximum atomic E-state index is 12.9. The van der Waals surface area contributed by atoms with Gasteiger partial charge in [0.1, 0.15) is 42.7 Å². The molecule has 32 nitrogen and oxygen atoms in total. The number of fused-ring (bicyclic) bond motifs is 5. The molecule has 26 atom stereocenters. The monoisotopic (exact) mass is 1640 g/mol. The van der Waals surface area contributed by atoms with Crippen molar-refractivity contribution < 1.29 is 66.7 Å². The summed E-state index contributed by atoms with van der Waals surface area (Å²) in [7, 11) is -2.14. The Bertz CT molecular complexity index is 4900. The Hall–Kier alpha value is -8.56. The number of carbonyl (C=O) groups excluding carboxylic acids is 2. The van der Waals surface area contributed by atoms with E-state index >= 15 is 0 Å². The molecule has 16 rings (SSSR count). The highest BCUT2D eigenvalue weighted by Gasteiger charge is 2.54. The third-order valence-electron chi connectivity index (χ3n) is 23.9. The number of hydrogen-bond donors (Lipinski definition) is 7. The van der Waals surface area contributed by atoms with E-state index in [9.17, 15) is 53.7 Å². The van der Waals surface area contributed by atoms with Gasteiger partial charge in [0.05, 0.1) is 99.4 Å². The van der Waals surface area contributed by atoms with E-state index in [0.29, 0.717) is 103 Å². The molecular formula is C82H106N12O20P2. The molecule has 5 aliphatic carbocycles. The second kappa shape index (κ2) is 38.4. The number of nitrogens with one attached hydrogen (secondary N) is 4. The van der Waals surface area contributed by atoms with Crippen molar-refractivity contribution in [1.82, 2.24) is 38.2 Å². The molecule has 0 spiro atoms. The van der Waals surface area contributed by atoms with Crippen LogP contribution >= 0.6 is 16.8 Å². The van der Waals surface area contributed by atoms with Crippen LogP contribution in [0.25, 0.3) is 0 Å². The summed E-state index contributed by atoms with van der Waals surface area (Å²) < 4.78 is 59.1. The molecule has 7 N–H and O–H groups in total. The quantitative estimate of drug-likeness (QED) is 0.0311. The number of nitrogens with zero attached hydrogens (tertiary/aromatic N) is 8. The summed E-state index contributed by atoms with van der Waals surface area (Å²) in [6.07, 6.45) is 15.1. The van der Waals surface area contributed by atoms with Gasteiger partial charge in [0.25, 0.3) is 22.9 Å². The minimum atomic E-state index is -1.09. The van der Waals surface area contributed by atoms with Gasteiger partial charge < -0.3 is 67.7 Å². The number of H-pyrrole nitrogens is 2. The fourth-order valence-electron chi connectivity index (χ4n) is 18.0. The minimum Gasteiger partial charge on any atom is -0.497 e. The molecule has 10 aliphatic rings. The zero-order valence-corrected chi connectivity index (χ0v) is 68.8. The van der Waals surface area contributed by atoms with E-state index in [4.69, 9.17) is 52.3 Å². The maximum Gasteiger partial charge on any atom is 0.351 e. The molecule has 0 radical (unpaired) electrons. The topological polar surface area (TPSA) is 429 Å². The molecule has 0 bridgehead atoms. The van der Waals surface area contributed by atoms with E-state index in [1.54, 1.807) is 101 Å². The number of amides is 2. The van der Waals surface area contributed by atoms with Gasteiger partial charge in [0.15, 0.2) is 16.8 Å². The summed E-state index contributed by atoms with van der Waals surface area (Å²) in [6.45, 7) is 21.9. The summed E-state index contributed by atoms with van der Waals surface area (Å²) in [5.74, 6) is 2.27. The van der Waals surface area contributed by atoms with Gasteiger partial charge in [-0.15, -0.1) is 0 Å². The van der Waals surface area contributed by atoms with Crippen LogP contribution in [0, 0.1) is 110 Å². The molecule has 2 unspecified atom stereocenters. The number of hydrogen-bond acceptors (Lipinski definition) is 24. The SMILES string of the molecule is C[C@@H]1C[C@@H](O)[C@@H]2C=CO[C@@H]21.Cc1cn([C@H]2C[C@@H]3[C@H](O2)[C@H](C)C[C@H]3O)c(=O)[nH]c1=O.Cc1cn([C@H]2C[C@@H]3[C@H](O2)[C@H](C)C[C@H]3O)c(=O)nc1NC(=O)c1ccccc1.Cc1cn([C@H]2C[C@@H]3[C@H](O2)[C@H](C)C[C@H]3OP(C)OCCC#N)c(=O)[nH]c1=O.Cc1cn([C@H]2C[C@@H]3[C@H](O2)[C@H](C)C[C@H]3OP(C)OCCC#N)c(=O)nc1NC(=O)c1ccccc1. The number of anilines is 2. The van der Waals surface area contributed by atoms with Gasteiger partial charge in [0, 0.05) is 127 Å². The average Bonchev–Trinajstić information content (AvgIpc) is 1.62. The molecule has 9 heterocycles. The molecule has 5 aliphatic heterocycles. The molecule has 34 heteroatoms. The van der Waals surface area contributed by atoms with Crippen LogP contribution in [-0.2, 0) is 41.8 Å². The molecule has 2 amide bonds. The highest BCUT2D eigenvalue weighted by Crippen LogP contribution is 2.54. The fraction of sp³-hybridized carbons (Fsp3) is 0.585. The largest absolute Gasteiger partial charge is 0.497 e. The Morgan fingerprint density at radius 1 is 0.491 bits per heavy atom. The van der Waals surface area contributed by atoms with E-state index in [0.717, 1.165) is 32.1 Å². The van der Waals surface area contributed by atoms with Crippen LogP contribution in [-0.4, -0.2) is 153 Å². The summed E-state index contributed by atoms with van der Waals surface area (Å²) in [5, 5.41) is 52.3. The summed E-state index contributed by atoms with van der Waals surface area (Å²) >= 11 is 0. The van der Waals surface area contributed by atoms with Crippen LogP contribution in [0.5, 0.6) is 0 Å². The molecule has 9 fully saturated rings. The highest BCUT2D eigenvalue weighted by atomic mass is 31.2. The zero-order chi connectivity index (χ0) is 83.1. The van der Waals surface area contributed by atoms with Crippen LogP contribution in [0.15, 0.2) is 127 Å². The number of aromatic amines is 2. The Morgan fingerprint density at radius 2 is 0.836 bits per heavy atom. The van der Waals surface area contributed by atoms with Gasteiger partial charge in [0.2, 0.25) is 0 Å². The number of aryl methyl sites for hydroxylation is 4. The molecule has 4 saturated heterocycles. The van der Waals surface area contributed by atoms with Crippen molar-refractivity contribution in [2.75, 3.05) is 37.2 Å². The summed E-state index contributed by atoms with van der Waals surface area (Å²) in [6, 6.07) is 21.7. The number of rotatable bonds is 18. The molecular weight excluding hydrogens is 1530 g/mol. The molecule has 116 heavy (non-hydrogen) atoms. The number of nitriles is 2. The summed E-state index contributed by atoms with van der Waals surface area (Å²) in [5.41, 5.74) is 0.710. The van der Waals surface area contributed by atoms with Gasteiger partial charge >= 0.3 is 22.8 Å². The van der Waals surface area contributed by atoms with Gasteiger partial charge in [-0.3, -0.25) is 47.4 Å². The Kier molecular flexibility index (Phi) is 28.8. The Morgan fingerprint density at radius 3 is 1.22 bits per heavy atom. The van der Waals surface area contributed by atoms with Crippen LogP contribution < -0.4 is 44.5 Å². The van der Waals surface area contributed by atoms with E-state index in [2.05, 4.69) is 77.3 Å². The van der Waals surface area contributed by atoms with E-state index in [-0.39, 0.29) is 137 Å². The normalized spacial score (nSPS) is 32.3. The summed E-state index contributed by atoms with van der Waals surface area (Å²) in [4.78, 5) is 110. The Labute approximate surface area is 673 Å². The standard InChI is InChI=1S/C24H29N4O5P.C20H23N3O4.C17H24N3O5P.C13H18N2O4.C8H12O2/c1-15-12-19(33-34(3)31-11-7-10-25)18-13-20(32-21(15)18)28-14-16(2)22(27-24(28)30)26-23(29)17-8-5-4-6-9-17;1-11-8-15(24)14-9-16(27-17(11)14)23-10-12(2)18(22-20(23)26)21-19(25)13-6-4-3-5-7-13;1-10-7-13(25-26(3)23-6-4-5-18)12-8-14(24-15(10)12)20-9-11(2)16(21)19-17(20)22;1-6-3-9(16)8-4-10(19-11(6)8)15-5-7(2)12(17)14-13(15)18;1-5-4-7(9)6-2-3-10-8(5)6/h4-6,8-9,14-15,18-21H,7,11-13H2,1-3H3,(H,26,27,29,30);3-7,10-11,14-17,24H,8-9H2,1-2H3,(H,21,22,25,26);9-10,12-15H,4,6-8H2,1-3H3,(H,19,21,22);5-6,8-11,16H,3-4H2,1-2H3,(H,14,17,18);2-3,5-9H,4H2,1H3/t15-,18+,19-,20-,21-,34?;11-,14+,15-,16-,17-;10-,12+,13-,14-,15-,26?;6-,8+,9-,10-,11-;5-,6+,7-,8-/m11111/s1. The lowest BCUT2D eigenvalue weighted by Crippen LogP contribution is -2.33. The number of aliphatic hydroxyl groups is 3. The van der Waals surface area contributed by atoms with Crippen LogP contribution in [0.2, 0.25) is 0 Å². The van der Waals surface area contributed by atoms with E-state index in [1.807, 2.05) is 31.5 Å². The first-order valence-electron chi connectivity index (χ1n) is 39.8. The molecule has 2 aromatic carbocycles. The first-order valence-corrected chi connectivity index (χ1v) is 43.1. The van der Waals surface area contributed by atoms with Crippen LogP contribution in [0.1, 0.15) is 173 Å². The number of carbonyl (C=O) groups is 2. The van der Waals surface area contributed by atoms with Crippen molar-refractivity contribution in [3.8, 4) is 12.1 Å². The molecule has 6 aromatic rings. The fourth-order valence-corrected chi connectivity index (χ4v) is 20.1. The third-order valence-corrected chi connectivity index (χ3v) is 26.1. The average molecular weight is 1640 g/mol. The molecule has 624 valence electrons. The van der Waals surface area contributed by atoms with Crippen molar-refractivity contribution in [1.29, 1.82) is 10.5 Å². The third kappa shape index (κ3) is 20.1. The predicted molar refractivity (Wildman–Crippen MR) is 428 cm³/mol. The van der Waals surface area contributed by atoms with Crippen molar-refractivity contribution in [2.45, 2.75) is 219 Å². The highest BCUT2D eigenvalue weighted by molar-refractivity contribution is 7.46. The van der Waals surface area contributed by atoms with Crippen LogP contribution in [0.4, 0.5) is 11.6 Å². The predicted octanol–water partition coefficient (Wildman–Crippen LogP) is 9.22. The minimum absolute atomic E-state index is 0.000802. The number of benzene rings is 2. The second-order valence-electron chi connectivity index (χ2n) is 32.3. The number of aliphatic hydroxyl groups excluding tert-OH is 3. The van der Waals surface area contributed by atoms with Gasteiger partial charge in [-0.2, -0.15) is 20.5 Å². The van der Waals surface area contributed by atoms with Gasteiger partial charge in [-0.25, -0.2) is 19.2 Å². The maximum absolute atomic E-state index is 12.9. The first kappa shape index (κ1) is 86.8. The smallest absolute Gasteiger partial charge is 0.351 e. The van der Waals surface area contributed by atoms with E-state index in [1.165, 1.54) is 24.5 Å². The number of aromatic nitrogens is 8. The first-order chi connectivity index (χ1) is 55.5. The van der Waals surface area contributed by atoms with Gasteiger partial charge in [-0.1, -0.05) is 71.0 Å². The molecule has 4 aromatic heterocycles. The second-order valence-corrected chi connectivity index (χ2v) is 35.0. The lowest BCUT2D eigenvalue weighted by Gasteiger charge is -2.22.